The van der Waals surface area contributed by atoms with E-state index in [-0.39, 0.29) is 5.41 Å². The molecule has 0 unspecified atom stereocenters. The van der Waals surface area contributed by atoms with E-state index in [1.54, 1.807) is 0 Å². The van der Waals surface area contributed by atoms with Crippen LogP contribution < -0.4 is 5.32 Å². The van der Waals surface area contributed by atoms with Crippen molar-refractivity contribution in [2.45, 2.75) is 32.6 Å². The summed E-state index contributed by atoms with van der Waals surface area (Å²) in [5.41, 5.74) is 0.726. The van der Waals surface area contributed by atoms with Crippen molar-refractivity contribution in [1.29, 1.82) is 0 Å². The molecule has 104 valence electrons. The fourth-order valence-electron chi connectivity index (χ4n) is 1.78. The van der Waals surface area contributed by atoms with Crippen molar-refractivity contribution >= 4 is 23.2 Å². The molecule has 0 saturated carbocycles. The second kappa shape index (κ2) is 5.77. The summed E-state index contributed by atoms with van der Waals surface area (Å²) in [4.78, 5) is 0. The summed E-state index contributed by atoms with van der Waals surface area (Å²) < 4.78 is 1.83. The zero-order valence-electron chi connectivity index (χ0n) is 12.0. The number of thioether (sulfide) groups is 1. The molecule has 0 aliphatic heterocycles. The van der Waals surface area contributed by atoms with Gasteiger partial charge in [-0.1, -0.05) is 20.8 Å². The van der Waals surface area contributed by atoms with Gasteiger partial charge >= 0.3 is 0 Å². The van der Waals surface area contributed by atoms with Gasteiger partial charge < -0.3 is 5.32 Å². The van der Waals surface area contributed by atoms with E-state index in [1.165, 1.54) is 0 Å². The van der Waals surface area contributed by atoms with Crippen LogP contribution in [0.25, 0.3) is 5.65 Å². The molecule has 6 heteroatoms. The molecule has 0 fully saturated rings. The molecule has 0 radical (unpaired) electrons. The van der Waals surface area contributed by atoms with E-state index in [2.05, 4.69) is 47.6 Å². The predicted molar refractivity (Wildman–Crippen MR) is 81.0 cm³/mol. The zero-order valence-corrected chi connectivity index (χ0v) is 12.8. The third-order valence-corrected chi connectivity index (χ3v) is 3.46. The molecule has 0 bridgehead atoms. The number of fused-ring (bicyclic) bond motifs is 1. The fraction of sp³-hybridized carbons (Fsp3) is 0.615. The number of hydrogen-bond acceptors (Lipinski definition) is 5. The maximum absolute atomic E-state index is 4.57. The minimum Gasteiger partial charge on any atom is -0.369 e. The number of nitrogens with one attached hydrogen (secondary N) is 1. The van der Waals surface area contributed by atoms with E-state index in [0.717, 1.165) is 36.0 Å². The van der Waals surface area contributed by atoms with E-state index in [4.69, 9.17) is 0 Å². The molecule has 0 spiro atoms. The molecule has 0 atom stereocenters. The van der Waals surface area contributed by atoms with E-state index in [9.17, 15) is 0 Å². The summed E-state index contributed by atoms with van der Waals surface area (Å²) in [6.07, 6.45) is 3.26. The summed E-state index contributed by atoms with van der Waals surface area (Å²) in [5, 5.41) is 16.3. The molecule has 1 N–H and O–H groups in total. The lowest BCUT2D eigenvalue weighted by molar-refractivity contribution is 0.527. The molecule has 0 saturated heterocycles. The Bertz CT molecular complexity index is 543. The van der Waals surface area contributed by atoms with Crippen LogP contribution in [0.5, 0.6) is 0 Å². The fourth-order valence-corrected chi connectivity index (χ4v) is 2.22. The van der Waals surface area contributed by atoms with Crippen LogP contribution in [-0.4, -0.2) is 38.4 Å². The summed E-state index contributed by atoms with van der Waals surface area (Å²) in [6, 6.07) is 3.90. The van der Waals surface area contributed by atoms with Crippen LogP contribution >= 0.6 is 11.8 Å². The molecular weight excluding hydrogens is 258 g/mol. The second-order valence-electron chi connectivity index (χ2n) is 5.54. The molecule has 5 nitrogen and oxygen atoms in total. The Morgan fingerprint density at radius 1 is 1.26 bits per heavy atom. The van der Waals surface area contributed by atoms with Crippen LogP contribution in [0, 0.1) is 0 Å². The second-order valence-corrected chi connectivity index (χ2v) is 6.52. The number of rotatable bonds is 5. The molecule has 0 aliphatic rings. The van der Waals surface area contributed by atoms with Gasteiger partial charge in [-0.2, -0.15) is 16.3 Å². The Morgan fingerprint density at radius 2 is 2.05 bits per heavy atom. The van der Waals surface area contributed by atoms with Gasteiger partial charge in [-0.3, -0.25) is 0 Å². The normalized spacial score (nSPS) is 12.0. The molecule has 19 heavy (non-hydrogen) atoms. The van der Waals surface area contributed by atoms with Crippen LogP contribution in [-0.2, 0) is 5.41 Å². The van der Waals surface area contributed by atoms with Crippen LogP contribution in [0.15, 0.2) is 12.1 Å². The lowest BCUT2D eigenvalue weighted by atomic mass is 9.96. The van der Waals surface area contributed by atoms with Crippen molar-refractivity contribution in [3.8, 4) is 0 Å². The number of hydrogen-bond donors (Lipinski definition) is 1. The van der Waals surface area contributed by atoms with Gasteiger partial charge in [0, 0.05) is 12.0 Å². The third kappa shape index (κ3) is 3.37. The van der Waals surface area contributed by atoms with Gasteiger partial charge in [0.15, 0.2) is 11.5 Å². The molecule has 0 amide bonds. The van der Waals surface area contributed by atoms with Crippen LogP contribution in [0.3, 0.4) is 0 Å². The molecule has 2 rings (SSSR count). The SMILES string of the molecule is CSCCCNc1ccc2nnc(C(C)(C)C)n2n1. The molecule has 0 aliphatic carbocycles. The molecule has 2 aromatic rings. The average molecular weight is 279 g/mol. The van der Waals surface area contributed by atoms with Crippen molar-refractivity contribution in [1.82, 2.24) is 19.8 Å². The molecule has 0 aromatic carbocycles. The summed E-state index contributed by atoms with van der Waals surface area (Å²) in [6.45, 7) is 7.28. The van der Waals surface area contributed by atoms with E-state index in [0.29, 0.717) is 0 Å². The van der Waals surface area contributed by atoms with E-state index < -0.39 is 0 Å². The molecular formula is C13H21N5S. The summed E-state index contributed by atoms with van der Waals surface area (Å²) in [5.74, 6) is 2.92. The first-order valence-corrected chi connectivity index (χ1v) is 7.87. The Hall–Kier alpha value is -1.30. The lowest BCUT2D eigenvalue weighted by Crippen LogP contribution is -2.17. The maximum Gasteiger partial charge on any atom is 0.178 e. The third-order valence-electron chi connectivity index (χ3n) is 2.76. The Morgan fingerprint density at radius 3 is 2.74 bits per heavy atom. The van der Waals surface area contributed by atoms with Gasteiger partial charge in [0.1, 0.15) is 5.82 Å². The van der Waals surface area contributed by atoms with Crippen LogP contribution in [0.4, 0.5) is 5.82 Å². The highest BCUT2D eigenvalue weighted by Gasteiger charge is 2.21. The first kappa shape index (κ1) is 14.1. The van der Waals surface area contributed by atoms with Gasteiger partial charge in [0.2, 0.25) is 0 Å². The Labute approximate surface area is 118 Å². The minimum atomic E-state index is -0.0656. The average Bonchev–Trinajstić information content (AvgIpc) is 2.77. The highest BCUT2D eigenvalue weighted by Crippen LogP contribution is 2.20. The Kier molecular flexibility index (Phi) is 4.29. The van der Waals surface area contributed by atoms with E-state index in [1.807, 2.05) is 28.4 Å². The monoisotopic (exact) mass is 279 g/mol. The standard InChI is InChI=1S/C13H21N5S/c1-13(2,3)12-16-15-11-7-6-10(17-18(11)12)14-8-5-9-19-4/h6-7H,5,8-9H2,1-4H3,(H,14,17). The smallest absolute Gasteiger partial charge is 0.178 e. The molecule has 2 aromatic heterocycles. The minimum absolute atomic E-state index is 0.0656. The van der Waals surface area contributed by atoms with Gasteiger partial charge in [0.05, 0.1) is 0 Å². The summed E-state index contributed by atoms with van der Waals surface area (Å²) >= 11 is 1.86. The molecule has 2 heterocycles. The van der Waals surface area contributed by atoms with Crippen LogP contribution in [0.2, 0.25) is 0 Å². The number of aromatic nitrogens is 4. The van der Waals surface area contributed by atoms with Gasteiger partial charge in [-0.15, -0.1) is 15.3 Å². The largest absolute Gasteiger partial charge is 0.369 e. The maximum atomic E-state index is 4.57. The predicted octanol–water partition coefficient (Wildman–Crippen LogP) is 2.59. The quantitative estimate of drug-likeness (QED) is 0.853. The van der Waals surface area contributed by atoms with Crippen molar-refractivity contribution in [3.05, 3.63) is 18.0 Å². The van der Waals surface area contributed by atoms with Gasteiger partial charge in [-0.05, 0) is 30.6 Å². The van der Waals surface area contributed by atoms with Crippen molar-refractivity contribution in [3.63, 3.8) is 0 Å². The van der Waals surface area contributed by atoms with Crippen molar-refractivity contribution < 1.29 is 0 Å². The zero-order chi connectivity index (χ0) is 13.9. The summed E-state index contributed by atoms with van der Waals surface area (Å²) in [7, 11) is 0. The van der Waals surface area contributed by atoms with Gasteiger partial charge in [-0.25, -0.2) is 0 Å². The number of anilines is 1. The van der Waals surface area contributed by atoms with Gasteiger partial charge in [0.25, 0.3) is 0 Å². The highest BCUT2D eigenvalue weighted by molar-refractivity contribution is 7.98. The number of nitrogens with zero attached hydrogens (tertiary/aromatic N) is 4. The van der Waals surface area contributed by atoms with Crippen molar-refractivity contribution in [2.24, 2.45) is 0 Å². The first-order chi connectivity index (χ1) is 9.02. The van der Waals surface area contributed by atoms with E-state index >= 15 is 0 Å². The van der Waals surface area contributed by atoms with Crippen molar-refractivity contribution in [2.75, 3.05) is 23.9 Å². The first-order valence-electron chi connectivity index (χ1n) is 6.48. The topological polar surface area (TPSA) is 55.1 Å². The highest BCUT2D eigenvalue weighted by atomic mass is 32.2. The Balaban J connectivity index is 2.19. The lowest BCUT2D eigenvalue weighted by Gasteiger charge is -2.15. The van der Waals surface area contributed by atoms with Crippen LogP contribution in [0.1, 0.15) is 33.0 Å².